The van der Waals surface area contributed by atoms with E-state index in [1.807, 2.05) is 13.8 Å². The van der Waals surface area contributed by atoms with E-state index in [1.54, 1.807) is 6.92 Å². The standard InChI is InChI=1S/C15H19F2NO/c1-9(2)15(6-7-18-8-15)14(19)12-11(16)5-4-10(3)13(12)17/h4-5,9,18H,6-8H2,1-3H3. The molecule has 1 aliphatic heterocycles. The lowest BCUT2D eigenvalue weighted by Gasteiger charge is -2.31. The zero-order chi connectivity index (χ0) is 14.2. The molecule has 0 radical (unpaired) electrons. The van der Waals surface area contributed by atoms with Crippen molar-refractivity contribution in [1.29, 1.82) is 0 Å². The van der Waals surface area contributed by atoms with Gasteiger partial charge in [0.2, 0.25) is 0 Å². The molecule has 0 amide bonds. The molecule has 4 heteroatoms. The minimum absolute atomic E-state index is 0.0364. The fraction of sp³-hybridized carbons (Fsp3) is 0.533. The monoisotopic (exact) mass is 267 g/mol. The summed E-state index contributed by atoms with van der Waals surface area (Å²) in [7, 11) is 0. The van der Waals surface area contributed by atoms with Gasteiger partial charge in [-0.3, -0.25) is 4.79 Å². The van der Waals surface area contributed by atoms with Crippen LogP contribution >= 0.6 is 0 Å². The van der Waals surface area contributed by atoms with Crippen LogP contribution in [0.3, 0.4) is 0 Å². The van der Waals surface area contributed by atoms with Crippen LogP contribution in [0.15, 0.2) is 12.1 Å². The van der Waals surface area contributed by atoms with E-state index >= 15 is 0 Å². The van der Waals surface area contributed by atoms with Crippen molar-refractivity contribution in [1.82, 2.24) is 5.32 Å². The molecule has 1 N–H and O–H groups in total. The SMILES string of the molecule is Cc1ccc(F)c(C(=O)C2(C(C)C)CCNC2)c1F. The number of benzene rings is 1. The molecule has 1 heterocycles. The van der Waals surface area contributed by atoms with Crippen LogP contribution in [0.4, 0.5) is 8.78 Å². The second-order valence-corrected chi connectivity index (χ2v) is 5.62. The first-order valence-electron chi connectivity index (χ1n) is 6.60. The second-order valence-electron chi connectivity index (χ2n) is 5.62. The highest BCUT2D eigenvalue weighted by Gasteiger charge is 2.45. The van der Waals surface area contributed by atoms with Gasteiger partial charge in [0.1, 0.15) is 11.6 Å². The fourth-order valence-electron chi connectivity index (χ4n) is 2.77. The molecule has 0 aromatic heterocycles. The minimum atomic E-state index is -0.764. The predicted octanol–water partition coefficient (Wildman–Crippen LogP) is 3.09. The van der Waals surface area contributed by atoms with E-state index in [0.717, 1.165) is 0 Å². The summed E-state index contributed by atoms with van der Waals surface area (Å²) in [6.07, 6.45) is 0.621. The van der Waals surface area contributed by atoms with Gasteiger partial charge in [0.25, 0.3) is 0 Å². The van der Waals surface area contributed by atoms with E-state index < -0.39 is 22.8 Å². The summed E-state index contributed by atoms with van der Waals surface area (Å²) in [5, 5.41) is 3.13. The topological polar surface area (TPSA) is 29.1 Å². The lowest BCUT2D eigenvalue weighted by atomic mass is 9.71. The lowest BCUT2D eigenvalue weighted by Crippen LogP contribution is -2.39. The zero-order valence-electron chi connectivity index (χ0n) is 11.5. The average Bonchev–Trinajstić information content (AvgIpc) is 2.85. The van der Waals surface area contributed by atoms with Crippen molar-refractivity contribution in [3.63, 3.8) is 0 Å². The summed E-state index contributed by atoms with van der Waals surface area (Å²) in [5.74, 6) is -1.86. The van der Waals surface area contributed by atoms with Gasteiger partial charge in [-0.25, -0.2) is 8.78 Å². The average molecular weight is 267 g/mol. The Morgan fingerprint density at radius 3 is 2.58 bits per heavy atom. The quantitative estimate of drug-likeness (QED) is 0.853. The van der Waals surface area contributed by atoms with Gasteiger partial charge in [0.15, 0.2) is 5.78 Å². The highest BCUT2D eigenvalue weighted by Crippen LogP contribution is 2.38. The number of hydrogen-bond acceptors (Lipinski definition) is 2. The third kappa shape index (κ3) is 2.18. The summed E-state index contributed by atoms with van der Waals surface area (Å²) in [6, 6.07) is 2.53. The third-order valence-electron chi connectivity index (χ3n) is 4.26. The van der Waals surface area contributed by atoms with E-state index in [0.29, 0.717) is 25.1 Å². The van der Waals surface area contributed by atoms with Crippen LogP contribution in [0.2, 0.25) is 0 Å². The molecule has 1 saturated heterocycles. The summed E-state index contributed by atoms with van der Waals surface area (Å²) >= 11 is 0. The third-order valence-corrected chi connectivity index (χ3v) is 4.26. The Balaban J connectivity index is 2.52. The van der Waals surface area contributed by atoms with Gasteiger partial charge in [-0.15, -0.1) is 0 Å². The van der Waals surface area contributed by atoms with Crippen molar-refractivity contribution in [3.05, 3.63) is 34.9 Å². The Hall–Kier alpha value is -1.29. The maximum atomic E-state index is 14.1. The van der Waals surface area contributed by atoms with Crippen molar-refractivity contribution in [3.8, 4) is 0 Å². The first-order valence-corrected chi connectivity index (χ1v) is 6.60. The number of carbonyl (C=O) groups is 1. The van der Waals surface area contributed by atoms with Crippen molar-refractivity contribution in [2.24, 2.45) is 11.3 Å². The van der Waals surface area contributed by atoms with E-state index in [-0.39, 0.29) is 11.5 Å². The number of carbonyl (C=O) groups excluding carboxylic acids is 1. The largest absolute Gasteiger partial charge is 0.316 e. The number of ketones is 1. The Kier molecular flexibility index (Phi) is 3.72. The summed E-state index contributed by atoms with van der Waals surface area (Å²) < 4.78 is 28.0. The Morgan fingerprint density at radius 1 is 1.37 bits per heavy atom. The number of halogens is 2. The smallest absolute Gasteiger partial charge is 0.176 e. The maximum Gasteiger partial charge on any atom is 0.176 e. The van der Waals surface area contributed by atoms with Crippen LogP contribution in [0, 0.1) is 29.9 Å². The van der Waals surface area contributed by atoms with Crippen LogP contribution in [0.5, 0.6) is 0 Å². The second kappa shape index (κ2) is 5.00. The number of Topliss-reactive ketones (excluding diaryl/α,β-unsaturated/α-hetero) is 1. The lowest BCUT2D eigenvalue weighted by molar-refractivity contribution is 0.0730. The Labute approximate surface area is 112 Å². The van der Waals surface area contributed by atoms with Crippen LogP contribution < -0.4 is 5.32 Å². The van der Waals surface area contributed by atoms with Crippen LogP contribution in [-0.2, 0) is 0 Å². The van der Waals surface area contributed by atoms with Crippen molar-refractivity contribution >= 4 is 5.78 Å². The van der Waals surface area contributed by atoms with Crippen molar-refractivity contribution < 1.29 is 13.6 Å². The van der Waals surface area contributed by atoms with Crippen LogP contribution in [0.25, 0.3) is 0 Å². The first-order chi connectivity index (χ1) is 8.90. The molecule has 0 saturated carbocycles. The van der Waals surface area contributed by atoms with Gasteiger partial charge in [-0.2, -0.15) is 0 Å². The fourth-order valence-corrected chi connectivity index (χ4v) is 2.77. The molecular weight excluding hydrogens is 248 g/mol. The van der Waals surface area contributed by atoms with Gasteiger partial charge in [-0.05, 0) is 37.4 Å². The van der Waals surface area contributed by atoms with Crippen molar-refractivity contribution in [2.75, 3.05) is 13.1 Å². The Bertz CT molecular complexity index is 505. The van der Waals surface area contributed by atoms with Crippen LogP contribution in [-0.4, -0.2) is 18.9 Å². The molecule has 1 fully saturated rings. The first kappa shape index (κ1) is 14.1. The van der Waals surface area contributed by atoms with Gasteiger partial charge < -0.3 is 5.32 Å². The van der Waals surface area contributed by atoms with E-state index in [9.17, 15) is 13.6 Å². The van der Waals surface area contributed by atoms with Crippen molar-refractivity contribution in [2.45, 2.75) is 27.2 Å². The summed E-state index contributed by atoms with van der Waals surface area (Å²) in [5.41, 5.74) is -0.776. The number of hydrogen-bond donors (Lipinski definition) is 1. The summed E-state index contributed by atoms with van der Waals surface area (Å²) in [6.45, 7) is 6.59. The summed E-state index contributed by atoms with van der Waals surface area (Å²) in [4.78, 5) is 12.7. The molecular formula is C15H19F2NO. The highest BCUT2D eigenvalue weighted by atomic mass is 19.1. The molecule has 1 aliphatic rings. The highest BCUT2D eigenvalue weighted by molar-refractivity contribution is 6.01. The number of aryl methyl sites for hydroxylation is 1. The zero-order valence-corrected chi connectivity index (χ0v) is 11.5. The molecule has 0 bridgehead atoms. The van der Waals surface area contributed by atoms with E-state index in [1.165, 1.54) is 12.1 Å². The molecule has 1 aromatic rings. The van der Waals surface area contributed by atoms with E-state index in [4.69, 9.17) is 0 Å². The molecule has 0 spiro atoms. The predicted molar refractivity (Wildman–Crippen MR) is 70.2 cm³/mol. The maximum absolute atomic E-state index is 14.1. The molecule has 2 nitrogen and oxygen atoms in total. The normalized spacial score (nSPS) is 23.1. The van der Waals surface area contributed by atoms with Gasteiger partial charge in [0, 0.05) is 12.0 Å². The minimum Gasteiger partial charge on any atom is -0.316 e. The molecule has 2 rings (SSSR count). The van der Waals surface area contributed by atoms with Gasteiger partial charge >= 0.3 is 0 Å². The van der Waals surface area contributed by atoms with Gasteiger partial charge in [-0.1, -0.05) is 19.9 Å². The molecule has 1 unspecified atom stereocenters. The van der Waals surface area contributed by atoms with Gasteiger partial charge in [0.05, 0.1) is 5.56 Å². The van der Waals surface area contributed by atoms with E-state index in [2.05, 4.69) is 5.32 Å². The number of rotatable bonds is 3. The molecule has 104 valence electrons. The van der Waals surface area contributed by atoms with Crippen LogP contribution in [0.1, 0.15) is 36.2 Å². The molecule has 1 aromatic carbocycles. The Morgan fingerprint density at radius 2 is 2.05 bits per heavy atom. The number of nitrogens with one attached hydrogen (secondary N) is 1. The molecule has 19 heavy (non-hydrogen) atoms. The molecule has 0 aliphatic carbocycles. The molecule has 1 atom stereocenters.